The predicted octanol–water partition coefficient (Wildman–Crippen LogP) is 5.51. The van der Waals surface area contributed by atoms with Gasteiger partial charge in [0.15, 0.2) is 5.88 Å². The largest absolute Gasteiger partial charge is 0.494 e. The number of nitrogens with zero attached hydrogens (tertiary/aromatic N) is 1. The van der Waals surface area contributed by atoms with Crippen molar-refractivity contribution in [2.24, 2.45) is 10.7 Å². The molecule has 1 aromatic heterocycles. The number of fused-ring (bicyclic) bond motifs is 1. The van der Waals surface area contributed by atoms with Crippen LogP contribution in [0.1, 0.15) is 30.5 Å². The van der Waals surface area contributed by atoms with Gasteiger partial charge in [-0.2, -0.15) is 0 Å². The Balaban J connectivity index is 1.93. The van der Waals surface area contributed by atoms with Crippen LogP contribution >= 0.6 is 0 Å². The van der Waals surface area contributed by atoms with Crippen LogP contribution in [0.5, 0.6) is 5.88 Å². The summed E-state index contributed by atoms with van der Waals surface area (Å²) in [6.07, 6.45) is 0. The number of halogens is 2. The first-order valence-electron chi connectivity index (χ1n) is 9.47. The first kappa shape index (κ1) is 19.8. The summed E-state index contributed by atoms with van der Waals surface area (Å²) < 4.78 is 27.6. The molecule has 4 nitrogen and oxygen atoms in total. The second-order valence-electron chi connectivity index (χ2n) is 7.78. The lowest BCUT2D eigenvalue weighted by Crippen LogP contribution is -2.28. The van der Waals surface area contributed by atoms with E-state index in [-0.39, 0.29) is 5.88 Å². The van der Waals surface area contributed by atoms with Crippen LogP contribution in [0.2, 0.25) is 0 Å². The van der Waals surface area contributed by atoms with Crippen molar-refractivity contribution in [1.29, 1.82) is 0 Å². The Hall–Kier alpha value is -3.51. The fourth-order valence-electron chi connectivity index (χ4n) is 3.39. The van der Waals surface area contributed by atoms with Gasteiger partial charge in [0.05, 0.1) is 22.5 Å². The Morgan fingerprint density at radius 3 is 2.33 bits per heavy atom. The molecule has 0 saturated carbocycles. The second-order valence-corrected chi connectivity index (χ2v) is 7.78. The number of rotatable bonds is 4. The molecule has 0 aliphatic heterocycles. The lowest BCUT2D eigenvalue weighted by molar-refractivity contribution is 0.457. The summed E-state index contributed by atoms with van der Waals surface area (Å²) in [7, 11) is 0. The van der Waals surface area contributed by atoms with Crippen molar-refractivity contribution in [2.75, 3.05) is 0 Å². The van der Waals surface area contributed by atoms with Crippen LogP contribution in [0.25, 0.3) is 10.9 Å². The molecule has 0 bridgehead atoms. The van der Waals surface area contributed by atoms with Gasteiger partial charge in [-0.1, -0.05) is 24.3 Å². The molecule has 0 amide bonds. The van der Waals surface area contributed by atoms with Gasteiger partial charge in [0.2, 0.25) is 0 Å². The van der Waals surface area contributed by atoms with Gasteiger partial charge in [0, 0.05) is 16.5 Å². The van der Waals surface area contributed by atoms with Crippen LogP contribution in [0.3, 0.4) is 0 Å². The zero-order valence-electron chi connectivity index (χ0n) is 16.6. The van der Waals surface area contributed by atoms with Crippen molar-refractivity contribution in [3.63, 3.8) is 0 Å². The zero-order chi connectivity index (χ0) is 21.5. The molecule has 6 heteroatoms. The molecule has 30 heavy (non-hydrogen) atoms. The normalized spacial score (nSPS) is 12.5. The molecule has 4 aromatic rings. The van der Waals surface area contributed by atoms with Crippen molar-refractivity contribution < 1.29 is 13.9 Å². The van der Waals surface area contributed by atoms with Gasteiger partial charge < -0.3 is 15.8 Å². The molecule has 4 rings (SSSR count). The van der Waals surface area contributed by atoms with E-state index in [2.05, 4.69) is 4.98 Å². The van der Waals surface area contributed by atoms with Crippen molar-refractivity contribution in [1.82, 2.24) is 4.98 Å². The van der Waals surface area contributed by atoms with Gasteiger partial charge in [-0.05, 0) is 61.9 Å². The Labute approximate surface area is 172 Å². The van der Waals surface area contributed by atoms with Gasteiger partial charge in [0.1, 0.15) is 11.6 Å². The summed E-state index contributed by atoms with van der Waals surface area (Å²) in [5.41, 5.74) is 8.85. The highest BCUT2D eigenvalue weighted by atomic mass is 19.1. The van der Waals surface area contributed by atoms with E-state index in [4.69, 9.17) is 10.7 Å². The molecule has 0 aliphatic carbocycles. The number of aromatic amines is 1. The molecule has 3 aromatic carbocycles. The third-order valence-corrected chi connectivity index (χ3v) is 4.93. The van der Waals surface area contributed by atoms with Crippen LogP contribution < -0.4 is 5.73 Å². The van der Waals surface area contributed by atoms with Crippen LogP contribution in [-0.4, -0.2) is 15.8 Å². The van der Waals surface area contributed by atoms with Gasteiger partial charge in [-0.25, -0.2) is 13.8 Å². The van der Waals surface area contributed by atoms with Crippen molar-refractivity contribution in [3.05, 3.63) is 95.1 Å². The highest BCUT2D eigenvalue weighted by Crippen LogP contribution is 2.32. The molecular formula is C24H21F2N3O. The van der Waals surface area contributed by atoms with E-state index in [1.54, 1.807) is 18.2 Å². The number of hydrogen-bond acceptors (Lipinski definition) is 3. The maximum absolute atomic E-state index is 14.0. The Morgan fingerprint density at radius 2 is 1.67 bits per heavy atom. The van der Waals surface area contributed by atoms with E-state index in [0.29, 0.717) is 33.4 Å². The predicted molar refractivity (Wildman–Crippen MR) is 115 cm³/mol. The van der Waals surface area contributed by atoms with Crippen molar-refractivity contribution in [3.8, 4) is 5.88 Å². The molecule has 0 radical (unpaired) electrons. The minimum atomic E-state index is -0.493. The van der Waals surface area contributed by atoms with E-state index in [0.717, 1.165) is 5.56 Å². The molecule has 4 N–H and O–H groups in total. The Morgan fingerprint density at radius 1 is 0.967 bits per heavy atom. The first-order chi connectivity index (χ1) is 14.2. The molecule has 0 fully saturated rings. The molecule has 0 spiro atoms. The Bertz CT molecular complexity index is 1250. The monoisotopic (exact) mass is 405 g/mol. The van der Waals surface area contributed by atoms with Gasteiger partial charge in [-0.3, -0.25) is 0 Å². The maximum atomic E-state index is 14.0. The quantitative estimate of drug-likeness (QED) is 0.391. The van der Waals surface area contributed by atoms with Crippen LogP contribution in [0.15, 0.2) is 71.7 Å². The number of nitrogens with two attached hydrogens (primary N) is 1. The second kappa shape index (κ2) is 7.39. The molecule has 152 valence electrons. The van der Waals surface area contributed by atoms with Crippen molar-refractivity contribution >= 4 is 22.3 Å². The fourth-order valence-corrected chi connectivity index (χ4v) is 3.39. The summed E-state index contributed by atoms with van der Waals surface area (Å²) in [5, 5.41) is 11.2. The molecule has 0 atom stereocenters. The van der Waals surface area contributed by atoms with Crippen LogP contribution in [0, 0.1) is 11.6 Å². The van der Waals surface area contributed by atoms with E-state index in [1.165, 1.54) is 24.3 Å². The van der Waals surface area contributed by atoms with E-state index < -0.39 is 17.2 Å². The topological polar surface area (TPSA) is 74.4 Å². The fraction of sp³-hybridized carbons (Fsp3) is 0.125. The first-order valence-corrected chi connectivity index (χ1v) is 9.47. The molecule has 0 saturated heterocycles. The summed E-state index contributed by atoms with van der Waals surface area (Å²) in [6, 6.07) is 17.5. The van der Waals surface area contributed by atoms with Crippen LogP contribution in [-0.2, 0) is 5.54 Å². The van der Waals surface area contributed by atoms with Gasteiger partial charge in [0.25, 0.3) is 0 Å². The van der Waals surface area contributed by atoms with E-state index >= 15 is 0 Å². The maximum Gasteiger partial charge on any atom is 0.199 e. The number of hydrogen-bond donors (Lipinski definition) is 3. The van der Waals surface area contributed by atoms with Crippen LogP contribution in [0.4, 0.5) is 14.5 Å². The van der Waals surface area contributed by atoms with Crippen molar-refractivity contribution in [2.45, 2.75) is 19.4 Å². The SMILES string of the molecule is CC(C)(N)c1ccc(N=C(c2cccc(F)c2)c2c(O)[nH]c3cc(F)ccc23)cc1. The minimum Gasteiger partial charge on any atom is -0.494 e. The number of nitrogens with one attached hydrogen (secondary N) is 1. The number of aromatic hydroxyl groups is 1. The van der Waals surface area contributed by atoms with E-state index in [9.17, 15) is 13.9 Å². The number of H-pyrrole nitrogens is 1. The summed E-state index contributed by atoms with van der Waals surface area (Å²) >= 11 is 0. The standard InChI is InChI=1S/C24H21F2N3O/c1-24(2,27)15-6-9-18(10-7-15)28-22(14-4-3-5-16(25)12-14)21-19-11-8-17(26)13-20(19)29-23(21)30/h3-13,29-30H,27H2,1-2H3. The molecule has 0 unspecified atom stereocenters. The smallest absolute Gasteiger partial charge is 0.199 e. The highest BCUT2D eigenvalue weighted by Gasteiger charge is 2.20. The summed E-state index contributed by atoms with van der Waals surface area (Å²) in [4.78, 5) is 7.48. The number of benzene rings is 3. The van der Waals surface area contributed by atoms with E-state index in [1.807, 2.05) is 38.1 Å². The third kappa shape index (κ3) is 3.82. The number of aromatic nitrogens is 1. The lowest BCUT2D eigenvalue weighted by atomic mass is 9.95. The lowest BCUT2D eigenvalue weighted by Gasteiger charge is -2.19. The average molecular weight is 405 g/mol. The minimum absolute atomic E-state index is 0.168. The number of aliphatic imine (C=N–C) groups is 1. The zero-order valence-corrected chi connectivity index (χ0v) is 16.6. The molecule has 1 heterocycles. The Kier molecular flexibility index (Phi) is 4.87. The van der Waals surface area contributed by atoms with Gasteiger partial charge in [-0.15, -0.1) is 0 Å². The molecule has 0 aliphatic rings. The van der Waals surface area contributed by atoms with Gasteiger partial charge >= 0.3 is 0 Å². The summed E-state index contributed by atoms with van der Waals surface area (Å²) in [5.74, 6) is -1.02. The summed E-state index contributed by atoms with van der Waals surface area (Å²) in [6.45, 7) is 3.82. The highest BCUT2D eigenvalue weighted by molar-refractivity contribution is 6.21. The third-order valence-electron chi connectivity index (χ3n) is 4.93. The molecular weight excluding hydrogens is 384 g/mol. The average Bonchev–Trinajstić information content (AvgIpc) is 3.00.